The van der Waals surface area contributed by atoms with Crippen molar-refractivity contribution < 1.29 is 32.0 Å². The largest absolute Gasteiger partial charge is 0.460 e. The van der Waals surface area contributed by atoms with E-state index < -0.39 is 54.0 Å². The van der Waals surface area contributed by atoms with Crippen LogP contribution >= 0.6 is 0 Å². The molecule has 1 aromatic carbocycles. The molecule has 1 N–H and O–H groups in total. The van der Waals surface area contributed by atoms with Crippen LogP contribution in [0.5, 0.6) is 0 Å². The zero-order valence-electron chi connectivity index (χ0n) is 28.5. The van der Waals surface area contributed by atoms with Crippen LogP contribution in [0.3, 0.4) is 0 Å². The highest BCUT2D eigenvalue weighted by atomic mass is 32.2. The summed E-state index contributed by atoms with van der Waals surface area (Å²) in [4.78, 5) is 16.7. The molecule has 2 aromatic rings. The Morgan fingerprint density at radius 2 is 1.85 bits per heavy atom. The minimum atomic E-state index is -4.21. The Balaban J connectivity index is 1.48. The van der Waals surface area contributed by atoms with Crippen molar-refractivity contribution in [3.05, 3.63) is 58.6 Å². The number of ether oxygens (including phenoxy) is 2. The van der Waals surface area contributed by atoms with Crippen LogP contribution in [-0.2, 0) is 47.1 Å². The lowest BCUT2D eigenvalue weighted by Crippen LogP contribution is -2.46. The molecule has 17 heteroatoms. The van der Waals surface area contributed by atoms with E-state index in [9.17, 15) is 18.7 Å². The van der Waals surface area contributed by atoms with Gasteiger partial charge in [0, 0.05) is 44.9 Å². The van der Waals surface area contributed by atoms with Crippen molar-refractivity contribution in [1.29, 1.82) is 0 Å². The van der Waals surface area contributed by atoms with Crippen LogP contribution in [0, 0.1) is 5.92 Å². The second kappa shape index (κ2) is 14.7. The van der Waals surface area contributed by atoms with Crippen LogP contribution in [0.15, 0.2) is 47.7 Å². The van der Waals surface area contributed by atoms with Gasteiger partial charge in [0.1, 0.15) is 13.3 Å². The Morgan fingerprint density at radius 3 is 2.49 bits per heavy atom. The fourth-order valence-corrected chi connectivity index (χ4v) is 7.52. The number of nitrogens with one attached hydrogen (secondary N) is 1. The number of anilines is 1. The molecule has 14 nitrogen and oxygen atoms in total. The lowest BCUT2D eigenvalue weighted by atomic mass is 9.78. The highest BCUT2D eigenvalue weighted by Crippen LogP contribution is 2.41. The van der Waals surface area contributed by atoms with Crippen molar-refractivity contribution in [2.75, 3.05) is 24.4 Å². The van der Waals surface area contributed by atoms with E-state index in [0.717, 1.165) is 15.9 Å². The number of nitrogens with zero attached hydrogens (tertiary/aromatic N) is 6. The number of hydrogen-bond donors (Lipinski definition) is 1. The van der Waals surface area contributed by atoms with Crippen LogP contribution in [0.25, 0.3) is 10.4 Å². The van der Waals surface area contributed by atoms with Crippen molar-refractivity contribution in [1.82, 2.24) is 14.1 Å². The molecule has 2 atom stereocenters. The molecule has 0 aliphatic carbocycles. The third-order valence-corrected chi connectivity index (χ3v) is 12.2. The third kappa shape index (κ3) is 9.37. The number of hydrogen-bond acceptors (Lipinski definition) is 9. The van der Waals surface area contributed by atoms with Gasteiger partial charge >= 0.3 is 23.3 Å². The van der Waals surface area contributed by atoms with Gasteiger partial charge in [-0.25, -0.2) is 4.68 Å². The van der Waals surface area contributed by atoms with Crippen molar-refractivity contribution in [3.8, 4) is 0 Å². The molecule has 2 aliphatic rings. The van der Waals surface area contributed by atoms with Crippen LogP contribution in [-0.4, -0.2) is 80.1 Å². The van der Waals surface area contributed by atoms with Gasteiger partial charge in [-0.2, -0.15) is 17.8 Å². The average Bonchev–Trinajstić information content (AvgIpc) is 3.64. The minimum Gasteiger partial charge on any atom is -0.460 e. The van der Waals surface area contributed by atoms with Crippen LogP contribution in [0.2, 0.25) is 32.0 Å². The molecule has 0 bridgehead atoms. The van der Waals surface area contributed by atoms with E-state index in [1.165, 1.54) is 10.7 Å². The maximum atomic E-state index is 13.7. The quantitative estimate of drug-likeness (QED) is 0.0606. The van der Waals surface area contributed by atoms with E-state index in [2.05, 4.69) is 39.5 Å². The van der Waals surface area contributed by atoms with Gasteiger partial charge < -0.3 is 18.8 Å². The topological polar surface area (TPSA) is 170 Å². The number of azide groups is 1. The molecule has 4 rings (SSSR count). The van der Waals surface area contributed by atoms with Gasteiger partial charge in [0.15, 0.2) is 11.4 Å². The van der Waals surface area contributed by atoms with E-state index in [1.807, 2.05) is 45.9 Å². The number of carbonyl (C=O) groups excluding carboxylic acids is 1. The monoisotopic (exact) mass is 689 g/mol. The smallest absolute Gasteiger partial charge is 0.457 e. The summed E-state index contributed by atoms with van der Waals surface area (Å²) >= 11 is 0. The second-order valence-electron chi connectivity index (χ2n) is 14.5. The first-order valence-electron chi connectivity index (χ1n) is 16.0. The van der Waals surface area contributed by atoms with Crippen LogP contribution < -0.4 is 4.72 Å². The maximum Gasteiger partial charge on any atom is 0.457 e. The van der Waals surface area contributed by atoms with E-state index in [0.29, 0.717) is 25.8 Å². The molecule has 2 aliphatic heterocycles. The zero-order chi connectivity index (χ0) is 34.5. The molecule has 2 unspecified atom stereocenters. The fourth-order valence-electron chi connectivity index (χ4n) is 5.52. The predicted molar refractivity (Wildman–Crippen MR) is 182 cm³/mol. The molecule has 47 heavy (non-hydrogen) atoms. The highest BCUT2D eigenvalue weighted by Gasteiger charge is 2.56. The maximum absolute atomic E-state index is 13.7. The van der Waals surface area contributed by atoms with Crippen LogP contribution in [0.1, 0.15) is 46.1 Å². The minimum absolute atomic E-state index is 0.0501. The standard InChI is InChI=1S/C30H48BN7O7SSi/c1-28(2)29(3,4)45-31(44-28)16-11-14-25-20-38(22-30(25,35-36-32)27(39)43-21-24-12-9-8-10-13-24)46(40,41)34-26-15-17-37(33-26)23-42-18-19-47(5,6)7/h8-10,12-13,15,17,25H,11,14,16,18-23H2,1-7H3,(H,33,34). The molecule has 3 heterocycles. The Labute approximate surface area is 279 Å². The zero-order valence-corrected chi connectivity index (χ0v) is 30.3. The first-order valence-corrected chi connectivity index (χ1v) is 21.1. The first kappa shape index (κ1) is 36.9. The molecule has 258 valence electrons. The molecule has 2 fully saturated rings. The summed E-state index contributed by atoms with van der Waals surface area (Å²) in [6, 6.07) is 11.6. The summed E-state index contributed by atoms with van der Waals surface area (Å²) in [5.41, 5.74) is 7.60. The summed E-state index contributed by atoms with van der Waals surface area (Å²) in [6.45, 7) is 15.0. The number of carbonyl (C=O) groups is 1. The second-order valence-corrected chi connectivity index (χ2v) is 21.8. The van der Waals surface area contributed by atoms with Gasteiger partial charge in [-0.15, -0.1) is 0 Å². The van der Waals surface area contributed by atoms with Gasteiger partial charge in [0.25, 0.3) is 0 Å². The van der Waals surface area contributed by atoms with Gasteiger partial charge in [0.2, 0.25) is 0 Å². The van der Waals surface area contributed by atoms with E-state index in [-0.39, 0.29) is 32.2 Å². The summed E-state index contributed by atoms with van der Waals surface area (Å²) in [7, 11) is -5.91. The van der Waals surface area contributed by atoms with Crippen molar-refractivity contribution in [2.24, 2.45) is 11.0 Å². The molecule has 0 radical (unpaired) electrons. The van der Waals surface area contributed by atoms with E-state index >= 15 is 0 Å². The van der Waals surface area contributed by atoms with E-state index in [1.54, 1.807) is 18.3 Å². The SMILES string of the molecule is CC1(C)OB(CCCC2CN(S(=O)(=O)Nc3ccn(COCC[Si](C)(C)C)n3)CC2(N=[N+]=[N-])C(=O)OCc2ccccc2)OC1(C)C. The Hall–Kier alpha value is -2.92. The van der Waals surface area contributed by atoms with Crippen molar-refractivity contribution >= 4 is 37.2 Å². The average molecular weight is 690 g/mol. The normalized spacial score (nSPS) is 22.6. The van der Waals surface area contributed by atoms with Crippen molar-refractivity contribution in [3.63, 3.8) is 0 Å². The number of rotatable bonds is 16. The van der Waals surface area contributed by atoms with E-state index in [4.69, 9.17) is 18.8 Å². The Morgan fingerprint density at radius 1 is 1.17 bits per heavy atom. The molecular formula is C30H48BN7O7SSi. The summed E-state index contributed by atoms with van der Waals surface area (Å²) < 4.78 is 56.1. The molecule has 0 amide bonds. The fraction of sp³-hybridized carbons (Fsp3) is 0.667. The van der Waals surface area contributed by atoms with Gasteiger partial charge in [-0.3, -0.25) is 9.52 Å². The van der Waals surface area contributed by atoms with Gasteiger partial charge in [0.05, 0.1) is 11.2 Å². The van der Waals surface area contributed by atoms with Gasteiger partial charge in [-0.1, -0.05) is 61.5 Å². The first-order chi connectivity index (χ1) is 22.0. The van der Waals surface area contributed by atoms with Crippen molar-refractivity contribution in [2.45, 2.75) is 103 Å². The molecular weight excluding hydrogens is 641 g/mol. The number of benzene rings is 1. The summed E-state index contributed by atoms with van der Waals surface area (Å²) in [5, 5.41) is 8.25. The third-order valence-electron chi connectivity index (χ3n) is 9.03. The number of aromatic nitrogens is 2. The lowest BCUT2D eigenvalue weighted by molar-refractivity contribution is -0.152. The Bertz CT molecular complexity index is 1510. The Kier molecular flexibility index (Phi) is 11.5. The lowest BCUT2D eigenvalue weighted by Gasteiger charge is -2.32. The molecule has 1 aromatic heterocycles. The van der Waals surface area contributed by atoms with Crippen LogP contribution in [0.4, 0.5) is 5.82 Å². The molecule has 0 saturated carbocycles. The predicted octanol–water partition coefficient (Wildman–Crippen LogP) is 5.45. The van der Waals surface area contributed by atoms with Gasteiger partial charge in [-0.05, 0) is 63.5 Å². The number of esters is 1. The summed E-state index contributed by atoms with van der Waals surface area (Å²) in [6.07, 6.45) is 3.02. The molecule has 2 saturated heterocycles. The molecule has 0 spiro atoms. The highest BCUT2D eigenvalue weighted by molar-refractivity contribution is 7.90. The summed E-state index contributed by atoms with van der Waals surface area (Å²) in [5.74, 6) is -1.35.